The van der Waals surface area contributed by atoms with Gasteiger partial charge in [0.1, 0.15) is 18.1 Å². The van der Waals surface area contributed by atoms with Gasteiger partial charge in [0.05, 0.1) is 0 Å². The normalized spacial score (nSPS) is 11.0. The van der Waals surface area contributed by atoms with Crippen molar-refractivity contribution in [3.05, 3.63) is 52.9 Å². The Hall–Kier alpha value is -3.33. The molecule has 130 valence electrons. The van der Waals surface area contributed by atoms with Crippen LogP contribution in [0.2, 0.25) is 0 Å². The van der Waals surface area contributed by atoms with Gasteiger partial charge in [0.2, 0.25) is 0 Å². The number of carboxylic acids is 1. The summed E-state index contributed by atoms with van der Waals surface area (Å²) in [6, 6.07) is 7.65. The third kappa shape index (κ3) is 5.08. The summed E-state index contributed by atoms with van der Waals surface area (Å²) in [6.45, 7) is 0.0219. The van der Waals surface area contributed by atoms with Crippen LogP contribution < -0.4 is 9.47 Å². The number of hydrogen-bond acceptors (Lipinski definition) is 7. The van der Waals surface area contributed by atoms with E-state index in [9.17, 15) is 19.5 Å². The lowest BCUT2D eigenvalue weighted by Gasteiger charge is -2.08. The number of ketones is 1. The second kappa shape index (κ2) is 7.97. The highest BCUT2D eigenvalue weighted by atomic mass is 32.1. The summed E-state index contributed by atoms with van der Waals surface area (Å²) in [7, 11) is 0. The standard InChI is InChI=1S/C16H12O8S/c17-12(7-13(18)14(19)20)9-2-1-3-11(6-9)23-8-10-4-5-25-15(10)24-16(21)22/h1-7,17H,8H2,(H,19,20)(H,21,22). The lowest BCUT2D eigenvalue weighted by atomic mass is 10.1. The summed E-state index contributed by atoms with van der Waals surface area (Å²) >= 11 is 1.11. The molecule has 1 heterocycles. The molecule has 0 aliphatic heterocycles. The fourth-order valence-corrected chi connectivity index (χ4v) is 2.53. The van der Waals surface area contributed by atoms with Gasteiger partial charge < -0.3 is 24.8 Å². The Morgan fingerprint density at radius 3 is 2.56 bits per heavy atom. The maximum atomic E-state index is 11.1. The molecule has 0 fully saturated rings. The maximum Gasteiger partial charge on any atom is 0.512 e. The smallest absolute Gasteiger partial charge is 0.507 e. The van der Waals surface area contributed by atoms with Crippen LogP contribution in [0.4, 0.5) is 4.79 Å². The monoisotopic (exact) mass is 364 g/mol. The number of thiophene rings is 1. The van der Waals surface area contributed by atoms with Crippen molar-refractivity contribution in [2.75, 3.05) is 0 Å². The first kappa shape index (κ1) is 18.0. The van der Waals surface area contributed by atoms with E-state index in [4.69, 9.17) is 14.9 Å². The average molecular weight is 364 g/mol. The van der Waals surface area contributed by atoms with Crippen LogP contribution in [0, 0.1) is 0 Å². The Morgan fingerprint density at radius 2 is 1.88 bits per heavy atom. The number of ether oxygens (including phenoxy) is 2. The molecule has 9 heteroatoms. The molecule has 3 N–H and O–H groups in total. The van der Waals surface area contributed by atoms with Gasteiger partial charge in [-0.05, 0) is 23.6 Å². The number of hydrogen-bond donors (Lipinski definition) is 3. The molecule has 0 saturated carbocycles. The molecule has 0 radical (unpaired) electrons. The molecule has 0 aliphatic carbocycles. The van der Waals surface area contributed by atoms with E-state index in [-0.39, 0.29) is 17.2 Å². The molecule has 8 nitrogen and oxygen atoms in total. The molecule has 0 spiro atoms. The van der Waals surface area contributed by atoms with Crippen molar-refractivity contribution in [2.24, 2.45) is 0 Å². The van der Waals surface area contributed by atoms with Gasteiger partial charge in [0.15, 0.2) is 5.06 Å². The average Bonchev–Trinajstić information content (AvgIpc) is 2.99. The quantitative estimate of drug-likeness (QED) is 0.296. The molecule has 0 unspecified atom stereocenters. The molecule has 0 saturated heterocycles. The second-order valence-corrected chi connectivity index (χ2v) is 5.50. The zero-order valence-corrected chi connectivity index (χ0v) is 13.4. The van der Waals surface area contributed by atoms with Crippen molar-refractivity contribution >= 4 is 35.0 Å². The van der Waals surface area contributed by atoms with Gasteiger partial charge in [0, 0.05) is 17.2 Å². The Morgan fingerprint density at radius 1 is 1.12 bits per heavy atom. The first-order valence-electron chi connectivity index (χ1n) is 6.75. The summed E-state index contributed by atoms with van der Waals surface area (Å²) in [6.07, 6.45) is -0.831. The van der Waals surface area contributed by atoms with Gasteiger partial charge in [-0.3, -0.25) is 4.79 Å². The van der Waals surface area contributed by atoms with E-state index < -0.39 is 23.7 Å². The molecule has 0 aliphatic rings. The van der Waals surface area contributed by atoms with E-state index in [1.807, 2.05) is 0 Å². The number of aliphatic hydroxyl groups is 1. The number of aliphatic hydroxyl groups excluding tert-OH is 1. The minimum absolute atomic E-state index is 0.0219. The molecule has 1 aromatic carbocycles. The summed E-state index contributed by atoms with van der Waals surface area (Å²) in [5.74, 6) is -3.11. The van der Waals surface area contributed by atoms with Crippen molar-refractivity contribution in [2.45, 2.75) is 6.61 Å². The fourth-order valence-electron chi connectivity index (χ4n) is 1.77. The van der Waals surface area contributed by atoms with Crippen LogP contribution in [-0.2, 0) is 16.2 Å². The van der Waals surface area contributed by atoms with Crippen molar-refractivity contribution in [1.29, 1.82) is 0 Å². The minimum atomic E-state index is -1.68. The van der Waals surface area contributed by atoms with Crippen LogP contribution in [0.3, 0.4) is 0 Å². The summed E-state index contributed by atoms with van der Waals surface area (Å²) in [5, 5.41) is 28.8. The molecule has 0 atom stereocenters. The van der Waals surface area contributed by atoms with Crippen LogP contribution in [-0.4, -0.2) is 33.2 Å². The number of benzene rings is 1. The third-order valence-corrected chi connectivity index (χ3v) is 3.72. The van der Waals surface area contributed by atoms with E-state index in [0.717, 1.165) is 11.3 Å². The van der Waals surface area contributed by atoms with Gasteiger partial charge in [-0.2, -0.15) is 0 Å². The largest absolute Gasteiger partial charge is 0.512 e. The Kier molecular flexibility index (Phi) is 5.75. The van der Waals surface area contributed by atoms with Crippen LogP contribution >= 0.6 is 11.3 Å². The predicted molar refractivity (Wildman–Crippen MR) is 87.0 cm³/mol. The van der Waals surface area contributed by atoms with Crippen molar-refractivity contribution < 1.29 is 39.2 Å². The highest BCUT2D eigenvalue weighted by Gasteiger charge is 2.12. The van der Waals surface area contributed by atoms with E-state index in [0.29, 0.717) is 17.4 Å². The molecule has 0 amide bonds. The Bertz CT molecular complexity index is 836. The van der Waals surface area contributed by atoms with E-state index in [1.165, 1.54) is 12.1 Å². The van der Waals surface area contributed by atoms with Gasteiger partial charge in [-0.15, -0.1) is 11.3 Å². The predicted octanol–water partition coefficient (Wildman–Crippen LogP) is 2.94. The Labute approximate surface area is 145 Å². The number of carbonyl (C=O) groups is 3. The van der Waals surface area contributed by atoms with Crippen molar-refractivity contribution in [3.8, 4) is 10.8 Å². The Balaban J connectivity index is 2.10. The second-order valence-electron chi connectivity index (χ2n) is 4.62. The zero-order valence-electron chi connectivity index (χ0n) is 12.5. The van der Waals surface area contributed by atoms with E-state index >= 15 is 0 Å². The summed E-state index contributed by atoms with van der Waals surface area (Å²) < 4.78 is 10.1. The number of carboxylic acid groups (broad SMARTS) is 2. The summed E-state index contributed by atoms with van der Waals surface area (Å²) in [4.78, 5) is 32.2. The molecular weight excluding hydrogens is 352 g/mol. The molecule has 2 aromatic rings. The van der Waals surface area contributed by atoms with Gasteiger partial charge in [0.25, 0.3) is 5.78 Å². The molecule has 2 rings (SSSR count). The fraction of sp³-hybridized carbons (Fsp3) is 0.0625. The molecule has 25 heavy (non-hydrogen) atoms. The van der Waals surface area contributed by atoms with Crippen LogP contribution in [0.1, 0.15) is 11.1 Å². The maximum absolute atomic E-state index is 11.1. The van der Waals surface area contributed by atoms with Gasteiger partial charge in [-0.1, -0.05) is 12.1 Å². The third-order valence-electron chi connectivity index (χ3n) is 2.89. The van der Waals surface area contributed by atoms with Crippen molar-refractivity contribution in [1.82, 2.24) is 0 Å². The first-order chi connectivity index (χ1) is 11.9. The SMILES string of the molecule is O=C(O)Oc1sccc1COc1cccc(C(O)=CC(=O)C(=O)O)c1. The highest BCUT2D eigenvalue weighted by Crippen LogP contribution is 2.28. The van der Waals surface area contributed by atoms with E-state index in [1.54, 1.807) is 23.6 Å². The van der Waals surface area contributed by atoms with Crippen molar-refractivity contribution in [3.63, 3.8) is 0 Å². The van der Waals surface area contributed by atoms with Crippen LogP contribution in [0.5, 0.6) is 10.8 Å². The molecule has 0 bridgehead atoms. The number of rotatable bonds is 7. The number of aliphatic carboxylic acids is 1. The van der Waals surface area contributed by atoms with Crippen LogP contribution in [0.25, 0.3) is 5.76 Å². The van der Waals surface area contributed by atoms with Gasteiger partial charge >= 0.3 is 12.1 Å². The van der Waals surface area contributed by atoms with Gasteiger partial charge in [-0.25, -0.2) is 9.59 Å². The van der Waals surface area contributed by atoms with Crippen LogP contribution in [0.15, 0.2) is 41.8 Å². The molecule has 1 aromatic heterocycles. The lowest BCUT2D eigenvalue weighted by Crippen LogP contribution is -2.09. The lowest BCUT2D eigenvalue weighted by molar-refractivity contribution is -0.146. The topological polar surface area (TPSA) is 130 Å². The number of carbonyl (C=O) groups excluding carboxylic acids is 1. The molecular formula is C16H12O8S. The minimum Gasteiger partial charge on any atom is -0.507 e. The highest BCUT2D eigenvalue weighted by molar-refractivity contribution is 7.12. The summed E-state index contributed by atoms with van der Waals surface area (Å²) in [5.41, 5.74) is 0.720. The van der Waals surface area contributed by atoms with E-state index in [2.05, 4.69) is 4.74 Å². The zero-order chi connectivity index (χ0) is 18.4. The first-order valence-corrected chi connectivity index (χ1v) is 7.63.